The Morgan fingerprint density at radius 2 is 2.13 bits per heavy atom. The molecular weight excluding hydrogens is 321 g/mol. The quantitative estimate of drug-likeness (QED) is 0.914. The molecule has 0 atom stereocenters. The molecule has 1 saturated heterocycles. The van der Waals surface area contributed by atoms with Crippen molar-refractivity contribution in [1.82, 2.24) is 10.1 Å². The highest BCUT2D eigenvalue weighted by Crippen LogP contribution is 2.34. The molecule has 3 rings (SSSR count). The SMILES string of the molecule is Cc1onc(-c2c(F)cccc2Cl)c1C(=O)N1CCC(N)CC1. The number of hydrogen-bond acceptors (Lipinski definition) is 4. The van der Waals surface area contributed by atoms with Crippen LogP contribution in [-0.4, -0.2) is 35.1 Å². The number of carbonyl (C=O) groups is 1. The van der Waals surface area contributed by atoms with Crippen molar-refractivity contribution >= 4 is 17.5 Å². The van der Waals surface area contributed by atoms with Gasteiger partial charge >= 0.3 is 0 Å². The first-order chi connectivity index (χ1) is 11.0. The van der Waals surface area contributed by atoms with Gasteiger partial charge in [0.05, 0.1) is 10.6 Å². The lowest BCUT2D eigenvalue weighted by Gasteiger charge is -2.30. The number of likely N-dealkylation sites (tertiary alicyclic amines) is 1. The van der Waals surface area contributed by atoms with Gasteiger partial charge in [0.2, 0.25) is 0 Å². The molecule has 0 unspecified atom stereocenters. The Labute approximate surface area is 138 Å². The molecule has 2 N–H and O–H groups in total. The lowest BCUT2D eigenvalue weighted by atomic mass is 10.0. The van der Waals surface area contributed by atoms with Crippen molar-refractivity contribution in [3.05, 3.63) is 40.4 Å². The molecular formula is C16H17ClFN3O2. The molecule has 2 heterocycles. The van der Waals surface area contributed by atoms with Crippen molar-refractivity contribution in [1.29, 1.82) is 0 Å². The Hall–Kier alpha value is -1.92. The molecule has 1 aliphatic heterocycles. The largest absolute Gasteiger partial charge is 0.360 e. The van der Waals surface area contributed by atoms with Gasteiger partial charge in [-0.25, -0.2) is 4.39 Å². The molecule has 122 valence electrons. The number of amides is 1. The van der Waals surface area contributed by atoms with E-state index in [9.17, 15) is 9.18 Å². The lowest BCUT2D eigenvalue weighted by Crippen LogP contribution is -2.43. The monoisotopic (exact) mass is 337 g/mol. The van der Waals surface area contributed by atoms with Gasteiger partial charge in [0.25, 0.3) is 5.91 Å². The third kappa shape index (κ3) is 2.96. The number of nitrogens with zero attached hydrogens (tertiary/aromatic N) is 2. The number of halogens is 2. The highest BCUT2D eigenvalue weighted by atomic mass is 35.5. The second-order valence-electron chi connectivity index (χ2n) is 5.69. The maximum Gasteiger partial charge on any atom is 0.259 e. The van der Waals surface area contributed by atoms with Gasteiger partial charge in [-0.2, -0.15) is 0 Å². The summed E-state index contributed by atoms with van der Waals surface area (Å²) in [6.45, 7) is 2.76. The number of carbonyl (C=O) groups excluding carboxylic acids is 1. The van der Waals surface area contributed by atoms with Crippen LogP contribution < -0.4 is 5.73 Å². The smallest absolute Gasteiger partial charge is 0.259 e. The minimum Gasteiger partial charge on any atom is -0.360 e. The molecule has 1 aromatic carbocycles. The van der Waals surface area contributed by atoms with Crippen molar-refractivity contribution in [2.75, 3.05) is 13.1 Å². The van der Waals surface area contributed by atoms with Crippen LogP contribution in [0.15, 0.2) is 22.7 Å². The molecule has 0 bridgehead atoms. The van der Waals surface area contributed by atoms with E-state index in [4.69, 9.17) is 21.9 Å². The Morgan fingerprint density at radius 3 is 2.78 bits per heavy atom. The van der Waals surface area contributed by atoms with Gasteiger partial charge in [0.15, 0.2) is 0 Å². The topological polar surface area (TPSA) is 72.4 Å². The van der Waals surface area contributed by atoms with E-state index < -0.39 is 5.82 Å². The van der Waals surface area contributed by atoms with Gasteiger partial charge in [-0.3, -0.25) is 4.79 Å². The van der Waals surface area contributed by atoms with Crippen molar-refractivity contribution in [2.45, 2.75) is 25.8 Å². The van der Waals surface area contributed by atoms with Gasteiger partial charge < -0.3 is 15.2 Å². The summed E-state index contributed by atoms with van der Waals surface area (Å²) in [4.78, 5) is 14.5. The Bertz CT molecular complexity index is 719. The first-order valence-electron chi connectivity index (χ1n) is 7.44. The number of aryl methyl sites for hydroxylation is 1. The molecule has 2 aromatic rings. The van der Waals surface area contributed by atoms with Crippen LogP contribution in [0.2, 0.25) is 5.02 Å². The normalized spacial score (nSPS) is 15.9. The van der Waals surface area contributed by atoms with E-state index in [2.05, 4.69) is 5.16 Å². The Morgan fingerprint density at radius 1 is 1.43 bits per heavy atom. The third-order valence-electron chi connectivity index (χ3n) is 4.10. The van der Waals surface area contributed by atoms with E-state index >= 15 is 0 Å². The summed E-state index contributed by atoms with van der Waals surface area (Å²) in [5.74, 6) is -0.426. The van der Waals surface area contributed by atoms with Gasteiger partial charge in [0.1, 0.15) is 22.8 Å². The van der Waals surface area contributed by atoms with E-state index in [0.29, 0.717) is 18.8 Å². The van der Waals surface area contributed by atoms with Crippen LogP contribution in [0.1, 0.15) is 29.0 Å². The van der Waals surface area contributed by atoms with E-state index in [0.717, 1.165) is 12.8 Å². The summed E-state index contributed by atoms with van der Waals surface area (Å²) in [6, 6.07) is 4.45. The van der Waals surface area contributed by atoms with Crippen LogP contribution in [-0.2, 0) is 0 Å². The molecule has 1 amide bonds. The van der Waals surface area contributed by atoms with E-state index in [1.54, 1.807) is 17.9 Å². The van der Waals surface area contributed by atoms with Crippen LogP contribution in [0.4, 0.5) is 4.39 Å². The predicted octanol–water partition coefficient (Wildman–Crippen LogP) is 3.01. The standard InChI is InChI=1S/C16H17ClFN3O2/c1-9-13(16(22)21-7-5-10(19)6-8-21)15(20-23-9)14-11(17)3-2-4-12(14)18/h2-4,10H,5-8,19H2,1H3. The molecule has 1 aliphatic rings. The number of rotatable bonds is 2. The second kappa shape index (κ2) is 6.29. The van der Waals surface area contributed by atoms with Gasteiger partial charge in [-0.05, 0) is 31.9 Å². The first kappa shape index (κ1) is 16.0. The zero-order valence-corrected chi connectivity index (χ0v) is 13.4. The third-order valence-corrected chi connectivity index (χ3v) is 4.42. The van der Waals surface area contributed by atoms with Crippen LogP contribution in [0.25, 0.3) is 11.3 Å². The fourth-order valence-corrected chi connectivity index (χ4v) is 3.03. The number of benzene rings is 1. The highest BCUT2D eigenvalue weighted by molar-refractivity contribution is 6.33. The summed E-state index contributed by atoms with van der Waals surface area (Å²) < 4.78 is 19.3. The van der Waals surface area contributed by atoms with E-state index in [-0.39, 0.29) is 33.8 Å². The number of nitrogens with two attached hydrogens (primary N) is 1. The molecule has 5 nitrogen and oxygen atoms in total. The average Bonchev–Trinajstić information content (AvgIpc) is 2.89. The van der Waals surface area contributed by atoms with Crippen LogP contribution in [0, 0.1) is 12.7 Å². The summed E-state index contributed by atoms with van der Waals surface area (Å²) in [5, 5.41) is 4.05. The molecule has 0 spiro atoms. The van der Waals surface area contributed by atoms with E-state index in [1.807, 2.05) is 0 Å². The minimum atomic E-state index is -0.541. The fourth-order valence-electron chi connectivity index (χ4n) is 2.78. The summed E-state index contributed by atoms with van der Waals surface area (Å²) in [6.07, 6.45) is 1.48. The number of aromatic nitrogens is 1. The molecule has 23 heavy (non-hydrogen) atoms. The minimum absolute atomic E-state index is 0.0862. The molecule has 0 saturated carbocycles. The van der Waals surface area contributed by atoms with Gasteiger partial charge in [-0.1, -0.05) is 22.8 Å². The van der Waals surface area contributed by atoms with E-state index in [1.165, 1.54) is 12.1 Å². The van der Waals surface area contributed by atoms with Crippen LogP contribution in [0.5, 0.6) is 0 Å². The van der Waals surface area contributed by atoms with Crippen molar-refractivity contribution in [3.63, 3.8) is 0 Å². The zero-order valence-electron chi connectivity index (χ0n) is 12.7. The number of piperidine rings is 1. The summed E-state index contributed by atoms with van der Waals surface area (Å²) in [5.41, 5.74) is 6.36. The van der Waals surface area contributed by atoms with Gasteiger partial charge in [0, 0.05) is 19.1 Å². The summed E-state index contributed by atoms with van der Waals surface area (Å²) >= 11 is 6.09. The van der Waals surface area contributed by atoms with Crippen molar-refractivity contribution < 1.29 is 13.7 Å². The predicted molar refractivity (Wildman–Crippen MR) is 84.8 cm³/mol. The maximum atomic E-state index is 14.2. The maximum absolute atomic E-state index is 14.2. The van der Waals surface area contributed by atoms with Crippen LogP contribution in [0.3, 0.4) is 0 Å². The Balaban J connectivity index is 2.01. The fraction of sp³-hybridized carbons (Fsp3) is 0.375. The highest BCUT2D eigenvalue weighted by Gasteiger charge is 2.30. The molecule has 0 radical (unpaired) electrons. The zero-order chi connectivity index (χ0) is 16.6. The Kier molecular flexibility index (Phi) is 4.37. The number of hydrogen-bond donors (Lipinski definition) is 1. The van der Waals surface area contributed by atoms with Crippen LogP contribution >= 0.6 is 11.6 Å². The van der Waals surface area contributed by atoms with Gasteiger partial charge in [-0.15, -0.1) is 0 Å². The molecule has 7 heteroatoms. The molecule has 0 aliphatic carbocycles. The summed E-state index contributed by atoms with van der Waals surface area (Å²) in [7, 11) is 0. The first-order valence-corrected chi connectivity index (χ1v) is 7.82. The second-order valence-corrected chi connectivity index (χ2v) is 6.10. The molecule has 1 fully saturated rings. The average molecular weight is 338 g/mol. The molecule has 1 aromatic heterocycles. The lowest BCUT2D eigenvalue weighted by molar-refractivity contribution is 0.0713. The van der Waals surface area contributed by atoms with Crippen molar-refractivity contribution in [2.24, 2.45) is 5.73 Å². The van der Waals surface area contributed by atoms with Crippen molar-refractivity contribution in [3.8, 4) is 11.3 Å².